The molecule has 0 aliphatic rings. The topological polar surface area (TPSA) is 134 Å². The molecule has 9 nitrogen and oxygen atoms in total. The molecule has 2 unspecified atom stereocenters. The minimum Gasteiger partial charge on any atom is -0.462 e. The van der Waals surface area contributed by atoms with Gasteiger partial charge >= 0.3 is 19.8 Å². The highest BCUT2D eigenvalue weighted by molar-refractivity contribution is 7.47. The number of rotatable bonds is 44. The molecule has 0 bridgehead atoms. The third kappa shape index (κ3) is 48.0. The van der Waals surface area contributed by atoms with Crippen LogP contribution in [0, 0.1) is 0 Å². The summed E-state index contributed by atoms with van der Waals surface area (Å²) in [6.45, 7) is 3.53. The minimum absolute atomic E-state index is 0.0439. The molecule has 0 saturated heterocycles. The van der Waals surface area contributed by atoms with Crippen molar-refractivity contribution in [3.05, 3.63) is 109 Å². The van der Waals surface area contributed by atoms with Crippen molar-refractivity contribution < 1.29 is 37.6 Å². The second-order valence-electron chi connectivity index (χ2n) is 15.6. The zero-order valence-corrected chi connectivity index (χ0v) is 40.4. The molecule has 2 atom stereocenters. The van der Waals surface area contributed by atoms with Crippen molar-refractivity contribution in [3.8, 4) is 0 Å². The highest BCUT2D eigenvalue weighted by atomic mass is 31.2. The van der Waals surface area contributed by atoms with E-state index in [0.717, 1.165) is 128 Å². The van der Waals surface area contributed by atoms with E-state index in [-0.39, 0.29) is 32.6 Å². The van der Waals surface area contributed by atoms with Crippen LogP contribution < -0.4 is 5.73 Å². The molecule has 63 heavy (non-hydrogen) atoms. The van der Waals surface area contributed by atoms with Crippen LogP contribution >= 0.6 is 7.82 Å². The van der Waals surface area contributed by atoms with Crippen molar-refractivity contribution in [2.24, 2.45) is 5.73 Å². The van der Waals surface area contributed by atoms with Crippen LogP contribution in [0.1, 0.15) is 181 Å². The summed E-state index contributed by atoms with van der Waals surface area (Å²) in [4.78, 5) is 34.9. The smallest absolute Gasteiger partial charge is 0.462 e. The van der Waals surface area contributed by atoms with Crippen molar-refractivity contribution in [2.75, 3.05) is 26.4 Å². The monoisotopic (exact) mass is 898 g/mol. The molecular formula is C53H88NO8P. The van der Waals surface area contributed by atoms with Crippen LogP contribution in [-0.2, 0) is 32.7 Å². The Balaban J connectivity index is 4.09. The first kappa shape index (κ1) is 59.7. The van der Waals surface area contributed by atoms with Crippen LogP contribution in [0.4, 0.5) is 0 Å². The summed E-state index contributed by atoms with van der Waals surface area (Å²) in [5.41, 5.74) is 5.35. The third-order valence-corrected chi connectivity index (χ3v) is 10.6. The van der Waals surface area contributed by atoms with Crippen LogP contribution in [-0.4, -0.2) is 49.3 Å². The van der Waals surface area contributed by atoms with Gasteiger partial charge in [-0.3, -0.25) is 18.6 Å². The first-order valence-corrected chi connectivity index (χ1v) is 25.9. The molecule has 0 aliphatic heterocycles. The standard InChI is InChI=1S/C53H88NO8P/c1-3-5-7-9-11-13-15-16-17-18-19-20-21-22-23-24-25-26-27-28-29-30-31-32-33-34-36-38-40-42-44-46-53(56)62-51(50-61-63(57,58)60-48-47-54)49-59-52(55)45-43-41-39-37-35-14-12-10-8-6-4-2/h5,7,10-13,16-17,19-20,22-23,25-26,28-29,31-32,51H,3-4,6,8-9,14-15,18,21,24,27,30,33-50,54H2,1-2H3,(H,57,58)/b7-5-,12-10-,13-11-,17-16-,20-19-,23-22-,26-25-,29-28-,32-31-. The number of phosphoric acid groups is 1. The highest BCUT2D eigenvalue weighted by Crippen LogP contribution is 2.43. The van der Waals surface area contributed by atoms with Crippen LogP contribution in [0.25, 0.3) is 0 Å². The van der Waals surface area contributed by atoms with Crippen LogP contribution in [0.5, 0.6) is 0 Å². The summed E-state index contributed by atoms with van der Waals surface area (Å²) < 4.78 is 32.8. The van der Waals surface area contributed by atoms with Gasteiger partial charge in [0.2, 0.25) is 0 Å². The lowest BCUT2D eigenvalue weighted by atomic mass is 10.1. The molecule has 0 amide bonds. The Kier molecular flexibility index (Phi) is 45.6. The second-order valence-corrected chi connectivity index (χ2v) is 17.0. The number of nitrogens with two attached hydrogens (primary N) is 1. The van der Waals surface area contributed by atoms with Crippen molar-refractivity contribution in [1.29, 1.82) is 0 Å². The van der Waals surface area contributed by atoms with E-state index in [1.165, 1.54) is 12.8 Å². The largest absolute Gasteiger partial charge is 0.472 e. The molecule has 0 saturated carbocycles. The molecule has 0 spiro atoms. The number of hydrogen-bond acceptors (Lipinski definition) is 8. The third-order valence-electron chi connectivity index (χ3n) is 9.64. The fourth-order valence-corrected chi connectivity index (χ4v) is 6.81. The van der Waals surface area contributed by atoms with E-state index >= 15 is 0 Å². The number of carbonyl (C=O) groups is 2. The first-order valence-electron chi connectivity index (χ1n) is 24.4. The van der Waals surface area contributed by atoms with Crippen molar-refractivity contribution >= 4 is 19.8 Å². The highest BCUT2D eigenvalue weighted by Gasteiger charge is 2.26. The van der Waals surface area contributed by atoms with Crippen molar-refractivity contribution in [3.63, 3.8) is 0 Å². The quantitative estimate of drug-likeness (QED) is 0.0265. The lowest BCUT2D eigenvalue weighted by Crippen LogP contribution is -2.29. The van der Waals surface area contributed by atoms with Gasteiger partial charge in [0.1, 0.15) is 6.61 Å². The molecule has 3 N–H and O–H groups in total. The molecule has 0 aromatic carbocycles. The summed E-state index contributed by atoms with van der Waals surface area (Å²) in [5.74, 6) is -0.867. The van der Waals surface area contributed by atoms with E-state index in [9.17, 15) is 19.0 Å². The lowest BCUT2D eigenvalue weighted by Gasteiger charge is -2.19. The number of phosphoric ester groups is 1. The zero-order valence-electron chi connectivity index (χ0n) is 39.5. The van der Waals surface area contributed by atoms with E-state index in [1.54, 1.807) is 0 Å². The van der Waals surface area contributed by atoms with Gasteiger partial charge in [0.25, 0.3) is 0 Å². The Hall–Kier alpha value is -3.33. The van der Waals surface area contributed by atoms with E-state index in [0.29, 0.717) is 12.8 Å². The Labute approximate surface area is 384 Å². The van der Waals surface area contributed by atoms with Crippen molar-refractivity contribution in [2.45, 2.75) is 187 Å². The van der Waals surface area contributed by atoms with Crippen LogP contribution in [0.15, 0.2) is 109 Å². The maximum Gasteiger partial charge on any atom is 0.472 e. The van der Waals surface area contributed by atoms with E-state index in [4.69, 9.17) is 24.3 Å². The Bertz CT molecular complexity index is 1390. The fourth-order valence-electron chi connectivity index (χ4n) is 6.04. The number of hydrogen-bond donors (Lipinski definition) is 2. The van der Waals surface area contributed by atoms with Gasteiger partial charge in [-0.2, -0.15) is 0 Å². The second kappa shape index (κ2) is 48.1. The van der Waals surface area contributed by atoms with Gasteiger partial charge in [0.05, 0.1) is 13.2 Å². The molecule has 10 heteroatoms. The SMILES string of the molecule is CC/C=C\C/C=C\C/C=C\C/C=C\C/C=C\C/C=C\C/C=C\C/C=C\CCCCCCCCC(=O)OC(COC(=O)CCCCCCC/C=C\CCCC)COP(=O)(O)OCCN. The number of ether oxygens (including phenoxy) is 2. The Morgan fingerprint density at radius 2 is 0.873 bits per heavy atom. The maximum atomic E-state index is 12.6. The van der Waals surface area contributed by atoms with Gasteiger partial charge < -0.3 is 20.1 Å². The Morgan fingerprint density at radius 3 is 1.32 bits per heavy atom. The average molecular weight is 898 g/mol. The van der Waals surface area contributed by atoms with Gasteiger partial charge in [0.15, 0.2) is 6.10 Å². The summed E-state index contributed by atoms with van der Waals surface area (Å²) in [5, 5.41) is 0. The van der Waals surface area contributed by atoms with E-state index < -0.39 is 32.5 Å². The minimum atomic E-state index is -4.39. The predicted octanol–water partition coefficient (Wildman–Crippen LogP) is 14.7. The number of carbonyl (C=O) groups excluding carboxylic acids is 2. The van der Waals surface area contributed by atoms with Crippen LogP contribution in [0.2, 0.25) is 0 Å². The Morgan fingerprint density at radius 1 is 0.492 bits per heavy atom. The summed E-state index contributed by atoms with van der Waals surface area (Å²) in [6.07, 6.45) is 64.2. The fraction of sp³-hybridized carbons (Fsp3) is 0.623. The van der Waals surface area contributed by atoms with Gasteiger partial charge in [-0.25, -0.2) is 4.57 Å². The molecule has 0 fully saturated rings. The molecular weight excluding hydrogens is 810 g/mol. The average Bonchev–Trinajstić information content (AvgIpc) is 3.27. The molecule has 0 aromatic heterocycles. The predicted molar refractivity (Wildman–Crippen MR) is 265 cm³/mol. The number of esters is 2. The number of unbranched alkanes of at least 4 members (excludes halogenated alkanes) is 13. The molecule has 0 radical (unpaired) electrons. The van der Waals surface area contributed by atoms with Gasteiger partial charge in [-0.05, 0) is 96.3 Å². The molecule has 358 valence electrons. The molecule has 0 aliphatic carbocycles. The summed E-state index contributed by atoms with van der Waals surface area (Å²) in [6, 6.07) is 0. The molecule has 0 rings (SSSR count). The van der Waals surface area contributed by atoms with Gasteiger partial charge in [0, 0.05) is 19.4 Å². The van der Waals surface area contributed by atoms with Gasteiger partial charge in [-0.15, -0.1) is 0 Å². The van der Waals surface area contributed by atoms with E-state index in [1.807, 2.05) is 0 Å². The first-order chi connectivity index (χ1) is 30.8. The van der Waals surface area contributed by atoms with Crippen molar-refractivity contribution in [1.82, 2.24) is 0 Å². The lowest BCUT2D eigenvalue weighted by molar-refractivity contribution is -0.161. The summed E-state index contributed by atoms with van der Waals surface area (Å²) >= 11 is 0. The van der Waals surface area contributed by atoms with Gasteiger partial charge in [-0.1, -0.05) is 181 Å². The zero-order chi connectivity index (χ0) is 46.0. The maximum absolute atomic E-state index is 12.6. The molecule has 0 aromatic rings. The van der Waals surface area contributed by atoms with Crippen LogP contribution in [0.3, 0.4) is 0 Å². The summed E-state index contributed by atoms with van der Waals surface area (Å²) in [7, 11) is -4.39. The normalized spacial score (nSPS) is 14.2. The van der Waals surface area contributed by atoms with E-state index in [2.05, 4.69) is 123 Å². The number of allylic oxidation sites excluding steroid dienone is 18. The molecule has 0 heterocycles.